The number of ether oxygens (including phenoxy) is 1. The molecule has 1 N–H and O–H groups in total. The highest BCUT2D eigenvalue weighted by Crippen LogP contribution is 2.39. The van der Waals surface area contributed by atoms with Crippen molar-refractivity contribution in [1.82, 2.24) is 5.32 Å². The van der Waals surface area contributed by atoms with Crippen molar-refractivity contribution in [3.63, 3.8) is 0 Å². The first-order chi connectivity index (χ1) is 15.8. The number of carbonyl (C=O) groups excluding carboxylic acids is 1. The highest BCUT2D eigenvalue weighted by atomic mass is 19.2. The standard InChI is InChI=1S/C23H23BF5NO4/c1-22(2)23(3,4)34-24(33-22)14(10-15-16(25)18(27)20(29)19(28)17(15)26)11-30-21(31)32-12-13-8-6-5-7-9-13/h5-10H,11-12H2,1-4H3,(H,30,31). The van der Waals surface area contributed by atoms with E-state index in [1.54, 1.807) is 58.0 Å². The molecule has 0 aromatic heterocycles. The van der Waals surface area contributed by atoms with E-state index in [4.69, 9.17) is 14.0 Å². The maximum Gasteiger partial charge on any atom is 0.492 e. The molecular weight excluding hydrogens is 460 g/mol. The molecular formula is C23H23BF5NO4. The first-order valence-corrected chi connectivity index (χ1v) is 10.4. The number of nitrogens with one attached hydrogen (secondary N) is 1. The van der Waals surface area contributed by atoms with Crippen LogP contribution < -0.4 is 5.32 Å². The predicted octanol–water partition coefficient (Wildman–Crippen LogP) is 5.32. The first-order valence-electron chi connectivity index (χ1n) is 10.4. The molecule has 0 atom stereocenters. The lowest BCUT2D eigenvalue weighted by molar-refractivity contribution is 0.00578. The van der Waals surface area contributed by atoms with Gasteiger partial charge in [-0.2, -0.15) is 0 Å². The van der Waals surface area contributed by atoms with Crippen LogP contribution >= 0.6 is 0 Å². The van der Waals surface area contributed by atoms with Crippen molar-refractivity contribution in [3.8, 4) is 0 Å². The van der Waals surface area contributed by atoms with E-state index in [-0.39, 0.29) is 12.1 Å². The van der Waals surface area contributed by atoms with E-state index in [0.29, 0.717) is 0 Å². The fraction of sp³-hybridized carbons (Fsp3) is 0.348. The zero-order valence-corrected chi connectivity index (χ0v) is 19.0. The Labute approximate surface area is 194 Å². The van der Waals surface area contributed by atoms with E-state index in [1.807, 2.05) is 0 Å². The molecule has 2 aromatic rings. The van der Waals surface area contributed by atoms with Crippen molar-refractivity contribution >= 4 is 19.3 Å². The summed E-state index contributed by atoms with van der Waals surface area (Å²) in [5.74, 6) is -10.5. The predicted molar refractivity (Wildman–Crippen MR) is 115 cm³/mol. The summed E-state index contributed by atoms with van der Waals surface area (Å²) in [7, 11) is -1.24. The van der Waals surface area contributed by atoms with Crippen molar-refractivity contribution in [2.45, 2.75) is 45.5 Å². The molecule has 0 radical (unpaired) electrons. The molecule has 11 heteroatoms. The third-order valence-electron chi connectivity index (χ3n) is 5.78. The van der Waals surface area contributed by atoms with Crippen LogP contribution in [-0.4, -0.2) is 31.0 Å². The Morgan fingerprint density at radius 2 is 1.41 bits per heavy atom. The lowest BCUT2D eigenvalue weighted by atomic mass is 9.77. The molecule has 34 heavy (non-hydrogen) atoms. The Morgan fingerprint density at radius 3 is 1.94 bits per heavy atom. The molecule has 1 saturated heterocycles. The Balaban J connectivity index is 1.88. The quantitative estimate of drug-likeness (QED) is 0.262. The average Bonchev–Trinajstić information content (AvgIpc) is 3.01. The van der Waals surface area contributed by atoms with E-state index in [0.717, 1.165) is 11.6 Å². The summed E-state index contributed by atoms with van der Waals surface area (Å²) >= 11 is 0. The Kier molecular flexibility index (Phi) is 7.37. The molecule has 5 nitrogen and oxygen atoms in total. The molecule has 3 rings (SSSR count). The lowest BCUT2D eigenvalue weighted by Crippen LogP contribution is -2.41. The van der Waals surface area contributed by atoms with Crippen LogP contribution in [0.3, 0.4) is 0 Å². The van der Waals surface area contributed by atoms with Crippen LogP contribution in [0.5, 0.6) is 0 Å². The summed E-state index contributed by atoms with van der Waals surface area (Å²) in [5.41, 5.74) is -2.29. The van der Waals surface area contributed by atoms with Crippen LogP contribution in [0.2, 0.25) is 0 Å². The lowest BCUT2D eigenvalue weighted by Gasteiger charge is -2.32. The van der Waals surface area contributed by atoms with Gasteiger partial charge in [-0.1, -0.05) is 36.4 Å². The maximum atomic E-state index is 14.3. The smallest absolute Gasteiger partial charge is 0.445 e. The van der Waals surface area contributed by atoms with Gasteiger partial charge in [-0.15, -0.1) is 0 Å². The maximum absolute atomic E-state index is 14.3. The zero-order chi connectivity index (χ0) is 25.3. The van der Waals surface area contributed by atoms with Gasteiger partial charge in [0.05, 0.1) is 16.8 Å². The average molecular weight is 483 g/mol. The van der Waals surface area contributed by atoms with E-state index in [2.05, 4.69) is 5.32 Å². The first kappa shape index (κ1) is 25.7. The van der Waals surface area contributed by atoms with Gasteiger partial charge < -0.3 is 19.4 Å². The number of alkyl carbamates (subject to hydrolysis) is 1. The fourth-order valence-corrected chi connectivity index (χ4v) is 3.08. The molecule has 1 heterocycles. The molecule has 0 spiro atoms. The van der Waals surface area contributed by atoms with Gasteiger partial charge in [0.2, 0.25) is 5.82 Å². The van der Waals surface area contributed by atoms with Crippen LogP contribution in [0.1, 0.15) is 38.8 Å². The van der Waals surface area contributed by atoms with E-state index < -0.39 is 65.6 Å². The van der Waals surface area contributed by atoms with Gasteiger partial charge in [0.1, 0.15) is 6.61 Å². The van der Waals surface area contributed by atoms with Gasteiger partial charge in [0, 0.05) is 6.54 Å². The summed E-state index contributed by atoms with van der Waals surface area (Å²) in [4.78, 5) is 12.2. The number of carbonyl (C=O) groups is 1. The normalized spacial score (nSPS) is 17.1. The second-order valence-corrected chi connectivity index (χ2v) is 8.71. The molecule has 1 amide bonds. The Hall–Kier alpha value is -2.92. The molecule has 182 valence electrons. The third-order valence-corrected chi connectivity index (χ3v) is 5.78. The molecule has 1 aliphatic rings. The van der Waals surface area contributed by atoms with Crippen LogP contribution in [0.4, 0.5) is 26.7 Å². The van der Waals surface area contributed by atoms with Crippen molar-refractivity contribution in [2.24, 2.45) is 0 Å². The van der Waals surface area contributed by atoms with E-state index in [1.165, 1.54) is 0 Å². The van der Waals surface area contributed by atoms with Gasteiger partial charge >= 0.3 is 13.2 Å². The number of halogens is 5. The summed E-state index contributed by atoms with van der Waals surface area (Å²) in [5, 5.41) is 2.39. The monoisotopic (exact) mass is 483 g/mol. The minimum absolute atomic E-state index is 0.0418. The molecule has 0 aliphatic carbocycles. The van der Waals surface area contributed by atoms with Crippen LogP contribution in [0, 0.1) is 29.1 Å². The number of rotatable bonds is 6. The minimum atomic E-state index is -2.27. The minimum Gasteiger partial charge on any atom is -0.445 e. The van der Waals surface area contributed by atoms with Crippen LogP contribution in [-0.2, 0) is 20.7 Å². The SMILES string of the molecule is CC1(C)OB(C(=Cc2c(F)c(F)c(F)c(F)c2F)CNC(=O)OCc2ccccc2)OC1(C)C. The largest absolute Gasteiger partial charge is 0.492 e. The molecule has 0 saturated carbocycles. The summed E-state index contributed by atoms with van der Waals surface area (Å²) in [6.45, 7) is 6.40. The highest BCUT2D eigenvalue weighted by Gasteiger charge is 2.52. The second kappa shape index (κ2) is 9.75. The number of amides is 1. The second-order valence-electron chi connectivity index (χ2n) is 8.71. The van der Waals surface area contributed by atoms with Crippen molar-refractivity contribution in [3.05, 3.63) is 76.0 Å². The molecule has 2 aromatic carbocycles. The zero-order valence-electron chi connectivity index (χ0n) is 19.0. The van der Waals surface area contributed by atoms with Crippen LogP contribution in [0.15, 0.2) is 35.8 Å². The molecule has 0 bridgehead atoms. The highest BCUT2D eigenvalue weighted by molar-refractivity contribution is 6.56. The van der Waals surface area contributed by atoms with Crippen LogP contribution in [0.25, 0.3) is 6.08 Å². The van der Waals surface area contributed by atoms with E-state index >= 15 is 0 Å². The van der Waals surface area contributed by atoms with E-state index in [9.17, 15) is 26.7 Å². The Morgan fingerprint density at radius 1 is 0.912 bits per heavy atom. The number of benzene rings is 2. The molecule has 0 unspecified atom stereocenters. The van der Waals surface area contributed by atoms with Gasteiger partial charge in [0.15, 0.2) is 23.3 Å². The third kappa shape index (κ3) is 5.25. The van der Waals surface area contributed by atoms with Gasteiger partial charge in [0.25, 0.3) is 0 Å². The molecule has 1 fully saturated rings. The van der Waals surface area contributed by atoms with Gasteiger partial charge in [-0.3, -0.25) is 0 Å². The number of hydrogen-bond donors (Lipinski definition) is 1. The summed E-state index contributed by atoms with van der Waals surface area (Å²) in [6.07, 6.45) is -0.153. The Bertz CT molecular complexity index is 1060. The topological polar surface area (TPSA) is 56.8 Å². The van der Waals surface area contributed by atoms with Gasteiger partial charge in [-0.25, -0.2) is 26.7 Å². The number of hydrogen-bond acceptors (Lipinski definition) is 4. The van der Waals surface area contributed by atoms with Gasteiger partial charge in [-0.05, 0) is 38.7 Å². The molecule has 1 aliphatic heterocycles. The fourth-order valence-electron chi connectivity index (χ4n) is 3.08. The van der Waals surface area contributed by atoms with Crippen molar-refractivity contribution in [2.75, 3.05) is 6.54 Å². The summed E-state index contributed by atoms with van der Waals surface area (Å²) in [6, 6.07) is 8.81. The van der Waals surface area contributed by atoms with Crippen molar-refractivity contribution in [1.29, 1.82) is 0 Å². The summed E-state index contributed by atoms with van der Waals surface area (Å²) < 4.78 is 86.2. The van der Waals surface area contributed by atoms with Crippen molar-refractivity contribution < 1.29 is 40.8 Å².